The van der Waals surface area contributed by atoms with Crippen molar-refractivity contribution >= 4 is 15.9 Å². The molecule has 1 aromatic heterocycles. The summed E-state index contributed by atoms with van der Waals surface area (Å²) in [5, 5.41) is 8.22. The molecule has 4 bridgehead atoms. The lowest BCUT2D eigenvalue weighted by Gasteiger charge is -2.55. The lowest BCUT2D eigenvalue weighted by molar-refractivity contribution is -0.0181. The topological polar surface area (TPSA) is 38.9 Å². The standard InChI is InChI=1S/C12H15BrN2O/c13-11-15-14-10(16-11)12-4-7-1-8(5-12)3-9(2-7)6-12/h7-9H,1-6H2. The normalized spacial score (nSPS) is 45.2. The molecule has 5 rings (SSSR count). The van der Waals surface area contributed by atoms with Crippen LogP contribution < -0.4 is 0 Å². The third kappa shape index (κ3) is 1.25. The summed E-state index contributed by atoms with van der Waals surface area (Å²) in [7, 11) is 0. The highest BCUT2D eigenvalue weighted by Gasteiger charge is 2.54. The molecule has 1 heterocycles. The van der Waals surface area contributed by atoms with Crippen molar-refractivity contribution < 1.29 is 4.42 Å². The lowest BCUT2D eigenvalue weighted by Crippen LogP contribution is -2.48. The van der Waals surface area contributed by atoms with Crippen LogP contribution in [0.5, 0.6) is 0 Å². The van der Waals surface area contributed by atoms with Crippen LogP contribution in [0, 0.1) is 17.8 Å². The van der Waals surface area contributed by atoms with E-state index >= 15 is 0 Å². The van der Waals surface area contributed by atoms with E-state index in [-0.39, 0.29) is 5.41 Å². The number of halogens is 1. The summed E-state index contributed by atoms with van der Waals surface area (Å²) in [4.78, 5) is 0.540. The van der Waals surface area contributed by atoms with Crippen LogP contribution in [0.4, 0.5) is 0 Å². The molecule has 0 atom stereocenters. The molecule has 0 aliphatic heterocycles. The van der Waals surface area contributed by atoms with Crippen LogP contribution in [0.25, 0.3) is 0 Å². The van der Waals surface area contributed by atoms with Gasteiger partial charge in [-0.2, -0.15) is 0 Å². The molecule has 0 aromatic carbocycles. The van der Waals surface area contributed by atoms with Crippen molar-refractivity contribution in [3.05, 3.63) is 10.7 Å². The summed E-state index contributed by atoms with van der Waals surface area (Å²) in [5.41, 5.74) is 0.244. The van der Waals surface area contributed by atoms with Gasteiger partial charge in [-0.25, -0.2) is 0 Å². The van der Waals surface area contributed by atoms with Crippen molar-refractivity contribution in [2.75, 3.05) is 0 Å². The molecular weight excluding hydrogens is 268 g/mol. The van der Waals surface area contributed by atoms with Gasteiger partial charge >= 0.3 is 0 Å². The molecule has 4 fully saturated rings. The third-order valence-electron chi connectivity index (χ3n) is 4.89. The second-order valence-electron chi connectivity index (χ2n) is 6.06. The average Bonchev–Trinajstić information content (AvgIpc) is 2.63. The molecule has 4 aliphatic rings. The highest BCUT2D eigenvalue weighted by molar-refractivity contribution is 9.10. The molecule has 0 unspecified atom stereocenters. The Morgan fingerprint density at radius 2 is 1.56 bits per heavy atom. The van der Waals surface area contributed by atoms with Crippen LogP contribution in [0.3, 0.4) is 0 Å². The summed E-state index contributed by atoms with van der Waals surface area (Å²) in [6, 6.07) is 0. The van der Waals surface area contributed by atoms with Crippen molar-refractivity contribution in [3.63, 3.8) is 0 Å². The molecule has 16 heavy (non-hydrogen) atoms. The van der Waals surface area contributed by atoms with Crippen molar-refractivity contribution in [2.45, 2.75) is 43.9 Å². The van der Waals surface area contributed by atoms with Crippen molar-refractivity contribution in [1.29, 1.82) is 0 Å². The van der Waals surface area contributed by atoms with Crippen LogP contribution >= 0.6 is 15.9 Å². The Balaban J connectivity index is 1.76. The molecule has 0 spiro atoms. The van der Waals surface area contributed by atoms with Crippen molar-refractivity contribution in [3.8, 4) is 0 Å². The van der Waals surface area contributed by atoms with Crippen LogP contribution in [0.1, 0.15) is 44.4 Å². The molecular formula is C12H15BrN2O. The Bertz CT molecular complexity index is 393. The Morgan fingerprint density at radius 1 is 1.00 bits per heavy atom. The number of rotatable bonds is 1. The summed E-state index contributed by atoms with van der Waals surface area (Å²) >= 11 is 3.27. The quantitative estimate of drug-likeness (QED) is 0.793. The van der Waals surface area contributed by atoms with Gasteiger partial charge in [-0.15, -0.1) is 10.2 Å². The van der Waals surface area contributed by atoms with Gasteiger partial charge in [0.2, 0.25) is 5.89 Å². The number of hydrogen-bond donors (Lipinski definition) is 0. The average molecular weight is 283 g/mol. The molecule has 0 amide bonds. The van der Waals surface area contributed by atoms with Gasteiger partial charge in [0, 0.05) is 21.3 Å². The molecule has 0 radical (unpaired) electrons. The monoisotopic (exact) mass is 282 g/mol. The van der Waals surface area contributed by atoms with Crippen molar-refractivity contribution in [2.24, 2.45) is 17.8 Å². The van der Waals surface area contributed by atoms with E-state index in [1.165, 1.54) is 38.5 Å². The highest BCUT2D eigenvalue weighted by Crippen LogP contribution is 2.60. The largest absolute Gasteiger partial charge is 0.415 e. The number of aromatic nitrogens is 2. The highest BCUT2D eigenvalue weighted by atomic mass is 79.9. The summed E-state index contributed by atoms with van der Waals surface area (Å²) in [6.07, 6.45) is 8.21. The minimum absolute atomic E-state index is 0.244. The zero-order valence-corrected chi connectivity index (χ0v) is 10.7. The van der Waals surface area contributed by atoms with Gasteiger partial charge in [-0.05, 0) is 56.3 Å². The predicted octanol–water partition coefficient (Wildman–Crippen LogP) is 3.30. The van der Waals surface area contributed by atoms with Crippen LogP contribution in [-0.2, 0) is 5.41 Å². The number of nitrogens with zero attached hydrogens (tertiary/aromatic N) is 2. The van der Waals surface area contributed by atoms with Crippen LogP contribution in [-0.4, -0.2) is 10.2 Å². The number of hydrogen-bond acceptors (Lipinski definition) is 3. The molecule has 4 heteroatoms. The van der Waals surface area contributed by atoms with E-state index < -0.39 is 0 Å². The van der Waals surface area contributed by atoms with Gasteiger partial charge in [0.25, 0.3) is 4.80 Å². The Kier molecular flexibility index (Phi) is 1.86. The van der Waals surface area contributed by atoms with Crippen LogP contribution in [0.2, 0.25) is 0 Å². The molecule has 0 saturated heterocycles. The van der Waals surface area contributed by atoms with Gasteiger partial charge in [-0.1, -0.05) is 0 Å². The van der Waals surface area contributed by atoms with E-state index in [1.807, 2.05) is 0 Å². The smallest absolute Gasteiger partial charge is 0.284 e. The minimum atomic E-state index is 0.244. The predicted molar refractivity (Wildman–Crippen MR) is 61.8 cm³/mol. The third-order valence-corrected chi connectivity index (χ3v) is 5.21. The van der Waals surface area contributed by atoms with Gasteiger partial charge in [0.05, 0.1) is 0 Å². The SMILES string of the molecule is Brc1nnc(C23CC4CC(CC(C4)C2)C3)o1. The zero-order chi connectivity index (χ0) is 10.8. The fourth-order valence-corrected chi connectivity index (χ4v) is 5.02. The Hall–Kier alpha value is -0.380. The van der Waals surface area contributed by atoms with E-state index in [0.717, 1.165) is 23.6 Å². The summed E-state index contributed by atoms with van der Waals surface area (Å²) in [6.45, 7) is 0. The molecule has 86 valence electrons. The van der Waals surface area contributed by atoms with Gasteiger partial charge in [0.15, 0.2) is 0 Å². The van der Waals surface area contributed by atoms with E-state index in [2.05, 4.69) is 26.1 Å². The van der Waals surface area contributed by atoms with Gasteiger partial charge < -0.3 is 4.42 Å². The summed E-state index contributed by atoms with van der Waals surface area (Å²) < 4.78 is 5.66. The van der Waals surface area contributed by atoms with E-state index in [0.29, 0.717) is 4.80 Å². The lowest BCUT2D eigenvalue weighted by atomic mass is 9.49. The van der Waals surface area contributed by atoms with Gasteiger partial charge in [0.1, 0.15) is 0 Å². The molecule has 0 N–H and O–H groups in total. The van der Waals surface area contributed by atoms with Crippen LogP contribution in [0.15, 0.2) is 9.22 Å². The van der Waals surface area contributed by atoms with E-state index in [4.69, 9.17) is 4.42 Å². The maximum atomic E-state index is 5.66. The Labute approximate surface area is 103 Å². The molecule has 4 saturated carbocycles. The maximum Gasteiger partial charge on any atom is 0.284 e. The molecule has 1 aromatic rings. The first-order valence-corrected chi connectivity index (χ1v) is 7.02. The first-order valence-electron chi connectivity index (χ1n) is 6.23. The first-order chi connectivity index (χ1) is 7.73. The summed E-state index contributed by atoms with van der Waals surface area (Å²) in [5.74, 6) is 3.68. The maximum absolute atomic E-state index is 5.66. The molecule has 4 aliphatic carbocycles. The minimum Gasteiger partial charge on any atom is -0.415 e. The first kappa shape index (κ1) is 9.63. The molecule has 3 nitrogen and oxygen atoms in total. The van der Waals surface area contributed by atoms with Crippen molar-refractivity contribution in [1.82, 2.24) is 10.2 Å². The van der Waals surface area contributed by atoms with Gasteiger partial charge in [-0.3, -0.25) is 0 Å². The zero-order valence-electron chi connectivity index (χ0n) is 9.16. The second kappa shape index (κ2) is 3.09. The Morgan fingerprint density at radius 3 is 2.00 bits per heavy atom. The fourth-order valence-electron chi connectivity index (χ4n) is 4.79. The van der Waals surface area contributed by atoms with E-state index in [9.17, 15) is 0 Å². The second-order valence-corrected chi connectivity index (χ2v) is 6.74. The van der Waals surface area contributed by atoms with E-state index in [1.54, 1.807) is 0 Å². The fraction of sp³-hybridized carbons (Fsp3) is 0.833.